The number of rotatable bonds is 4. The highest BCUT2D eigenvalue weighted by atomic mass is 16.3. The molecular formula is C19H24N2O2. The van der Waals surface area contributed by atoms with Gasteiger partial charge in [0.2, 0.25) is 5.43 Å². The lowest BCUT2D eigenvalue weighted by atomic mass is 10.00. The maximum atomic E-state index is 12.0. The lowest BCUT2D eigenvalue weighted by Crippen LogP contribution is -2.32. The molecule has 1 aromatic carbocycles. The van der Waals surface area contributed by atoms with Gasteiger partial charge in [-0.25, -0.2) is 0 Å². The molecule has 1 aliphatic rings. The Bertz CT molecular complexity index is 764. The van der Waals surface area contributed by atoms with Crippen LogP contribution in [0.15, 0.2) is 35.1 Å². The molecule has 3 rings (SSSR count). The number of hydrogen-bond donors (Lipinski definition) is 1. The summed E-state index contributed by atoms with van der Waals surface area (Å²) in [7, 11) is 0. The summed E-state index contributed by atoms with van der Waals surface area (Å²) in [4.78, 5) is 14.3. The van der Waals surface area contributed by atoms with Crippen LogP contribution in [0.4, 0.5) is 0 Å². The Hall–Kier alpha value is -2.07. The largest absolute Gasteiger partial charge is 0.503 e. The Labute approximate surface area is 137 Å². The molecule has 0 atom stereocenters. The first-order chi connectivity index (χ1) is 11.1. The van der Waals surface area contributed by atoms with Crippen molar-refractivity contribution in [1.82, 2.24) is 9.47 Å². The Balaban J connectivity index is 1.90. The van der Waals surface area contributed by atoms with Crippen LogP contribution in [0.5, 0.6) is 5.75 Å². The van der Waals surface area contributed by atoms with Crippen LogP contribution in [0.1, 0.15) is 35.9 Å². The zero-order valence-electron chi connectivity index (χ0n) is 13.9. The number of aromatic nitrogens is 1. The first-order valence-corrected chi connectivity index (χ1v) is 8.31. The second-order valence-corrected chi connectivity index (χ2v) is 6.33. The highest BCUT2D eigenvalue weighted by Gasteiger charge is 2.20. The van der Waals surface area contributed by atoms with Crippen molar-refractivity contribution in [2.45, 2.75) is 46.3 Å². The summed E-state index contributed by atoms with van der Waals surface area (Å²) < 4.78 is 2.08. The molecule has 2 aromatic rings. The van der Waals surface area contributed by atoms with Crippen LogP contribution in [0, 0.1) is 6.92 Å². The molecule has 0 amide bonds. The number of aryl methyl sites for hydroxylation is 1. The minimum atomic E-state index is -0.276. The minimum absolute atomic E-state index is 0.0945. The van der Waals surface area contributed by atoms with Crippen molar-refractivity contribution in [3.8, 4) is 5.75 Å². The molecule has 2 heterocycles. The summed E-state index contributed by atoms with van der Waals surface area (Å²) in [5.74, 6) is -0.0945. The van der Waals surface area contributed by atoms with Gasteiger partial charge in [-0.2, -0.15) is 0 Å². The van der Waals surface area contributed by atoms with Gasteiger partial charge in [-0.15, -0.1) is 0 Å². The van der Waals surface area contributed by atoms with Crippen LogP contribution in [-0.2, 0) is 26.1 Å². The molecule has 4 nitrogen and oxygen atoms in total. The van der Waals surface area contributed by atoms with Crippen molar-refractivity contribution in [2.24, 2.45) is 0 Å². The van der Waals surface area contributed by atoms with Crippen LogP contribution in [0.3, 0.4) is 0 Å². The van der Waals surface area contributed by atoms with Crippen molar-refractivity contribution < 1.29 is 5.11 Å². The molecule has 0 spiro atoms. The fraction of sp³-hybridized carbons (Fsp3) is 0.421. The third-order valence-corrected chi connectivity index (χ3v) is 4.63. The van der Waals surface area contributed by atoms with E-state index in [1.54, 1.807) is 0 Å². The van der Waals surface area contributed by atoms with E-state index >= 15 is 0 Å². The third-order valence-electron chi connectivity index (χ3n) is 4.63. The first kappa shape index (κ1) is 15.8. The normalized spacial score (nSPS) is 14.7. The summed E-state index contributed by atoms with van der Waals surface area (Å²) in [6, 6.07) is 10.0. The van der Waals surface area contributed by atoms with E-state index in [2.05, 4.69) is 40.7 Å². The van der Waals surface area contributed by atoms with Crippen LogP contribution >= 0.6 is 0 Å². The van der Waals surface area contributed by atoms with Crippen LogP contribution < -0.4 is 5.43 Å². The van der Waals surface area contributed by atoms with Gasteiger partial charge in [-0.3, -0.25) is 9.69 Å². The molecule has 0 unspecified atom stereocenters. The summed E-state index contributed by atoms with van der Waals surface area (Å²) in [6.07, 6.45) is 1.99. The van der Waals surface area contributed by atoms with E-state index in [4.69, 9.17) is 0 Å². The summed E-state index contributed by atoms with van der Waals surface area (Å²) in [5, 5.41) is 10.3. The standard InChI is InChI=1S/C19H24N2O2/c1-3-9-21-14(2)11-18(22)19(23)17(21)13-20-10-8-15-6-4-5-7-16(15)12-20/h4-7,11,23H,3,8-10,12-13H2,1-2H3. The number of benzene rings is 1. The highest BCUT2D eigenvalue weighted by Crippen LogP contribution is 2.23. The van der Waals surface area contributed by atoms with E-state index in [1.807, 2.05) is 6.92 Å². The predicted molar refractivity (Wildman–Crippen MR) is 91.7 cm³/mol. The van der Waals surface area contributed by atoms with Crippen molar-refractivity contribution in [3.05, 3.63) is 63.1 Å². The molecule has 0 saturated heterocycles. The molecule has 23 heavy (non-hydrogen) atoms. The molecule has 122 valence electrons. The lowest BCUT2D eigenvalue weighted by Gasteiger charge is -2.30. The van der Waals surface area contributed by atoms with Crippen molar-refractivity contribution in [1.29, 1.82) is 0 Å². The van der Waals surface area contributed by atoms with Crippen molar-refractivity contribution >= 4 is 0 Å². The molecule has 4 heteroatoms. The Morgan fingerprint density at radius 3 is 2.70 bits per heavy atom. The topological polar surface area (TPSA) is 45.5 Å². The van der Waals surface area contributed by atoms with Gasteiger partial charge < -0.3 is 9.67 Å². The van der Waals surface area contributed by atoms with E-state index in [9.17, 15) is 9.90 Å². The lowest BCUT2D eigenvalue weighted by molar-refractivity contribution is 0.233. The molecule has 0 radical (unpaired) electrons. The number of hydrogen-bond acceptors (Lipinski definition) is 3. The predicted octanol–water partition coefficient (Wildman–Crippen LogP) is 2.83. The summed E-state index contributed by atoms with van der Waals surface area (Å²) >= 11 is 0. The molecule has 0 aliphatic carbocycles. The minimum Gasteiger partial charge on any atom is -0.503 e. The Morgan fingerprint density at radius 2 is 1.96 bits per heavy atom. The Morgan fingerprint density at radius 1 is 1.22 bits per heavy atom. The van der Waals surface area contributed by atoms with Gasteiger partial charge in [0.25, 0.3) is 0 Å². The zero-order chi connectivity index (χ0) is 16.4. The van der Waals surface area contributed by atoms with Gasteiger partial charge in [-0.1, -0.05) is 31.2 Å². The second-order valence-electron chi connectivity index (χ2n) is 6.33. The number of nitrogens with zero attached hydrogens (tertiary/aromatic N) is 2. The Kier molecular flexibility index (Phi) is 4.53. The first-order valence-electron chi connectivity index (χ1n) is 8.31. The van der Waals surface area contributed by atoms with E-state index < -0.39 is 0 Å². The van der Waals surface area contributed by atoms with Gasteiger partial charge in [0.05, 0.1) is 5.69 Å². The van der Waals surface area contributed by atoms with Gasteiger partial charge >= 0.3 is 0 Å². The SMILES string of the molecule is CCCn1c(C)cc(=O)c(O)c1CN1CCc2ccccc2C1. The fourth-order valence-corrected chi connectivity index (χ4v) is 3.42. The number of aromatic hydroxyl groups is 1. The molecule has 1 N–H and O–H groups in total. The van der Waals surface area contributed by atoms with Gasteiger partial charge in [0, 0.05) is 37.9 Å². The quantitative estimate of drug-likeness (QED) is 0.944. The van der Waals surface area contributed by atoms with Gasteiger partial charge in [-0.05, 0) is 30.9 Å². The smallest absolute Gasteiger partial charge is 0.223 e. The molecule has 0 fully saturated rings. The van der Waals surface area contributed by atoms with Crippen molar-refractivity contribution in [2.75, 3.05) is 6.54 Å². The summed E-state index contributed by atoms with van der Waals surface area (Å²) in [5.41, 5.74) is 4.14. The average Bonchev–Trinajstić information content (AvgIpc) is 2.55. The zero-order valence-corrected chi connectivity index (χ0v) is 13.9. The monoisotopic (exact) mass is 312 g/mol. The molecule has 1 aliphatic heterocycles. The van der Waals surface area contributed by atoms with Crippen LogP contribution in [-0.4, -0.2) is 21.1 Å². The van der Waals surface area contributed by atoms with Crippen LogP contribution in [0.25, 0.3) is 0 Å². The fourth-order valence-electron chi connectivity index (χ4n) is 3.42. The van der Waals surface area contributed by atoms with E-state index in [0.29, 0.717) is 6.54 Å². The van der Waals surface area contributed by atoms with E-state index in [1.165, 1.54) is 17.2 Å². The van der Waals surface area contributed by atoms with Gasteiger partial charge in [0.1, 0.15) is 0 Å². The van der Waals surface area contributed by atoms with Gasteiger partial charge in [0.15, 0.2) is 5.75 Å². The van der Waals surface area contributed by atoms with Crippen molar-refractivity contribution in [3.63, 3.8) is 0 Å². The van der Waals surface area contributed by atoms with Crippen LogP contribution in [0.2, 0.25) is 0 Å². The van der Waals surface area contributed by atoms with E-state index in [-0.39, 0.29) is 11.2 Å². The molecule has 1 aromatic heterocycles. The molecular weight excluding hydrogens is 288 g/mol. The average molecular weight is 312 g/mol. The second kappa shape index (κ2) is 6.59. The maximum absolute atomic E-state index is 12.0. The highest BCUT2D eigenvalue weighted by molar-refractivity contribution is 5.32. The van der Waals surface area contributed by atoms with E-state index in [0.717, 1.165) is 43.9 Å². The summed E-state index contributed by atoms with van der Waals surface area (Å²) in [6.45, 7) is 7.28. The third kappa shape index (κ3) is 3.17. The maximum Gasteiger partial charge on any atom is 0.223 e. The number of pyridine rings is 1. The molecule has 0 bridgehead atoms. The number of fused-ring (bicyclic) bond motifs is 1. The molecule has 0 saturated carbocycles.